The van der Waals surface area contributed by atoms with Crippen molar-refractivity contribution in [3.05, 3.63) is 0 Å². The van der Waals surface area contributed by atoms with E-state index in [2.05, 4.69) is 24.1 Å². The molecule has 3 unspecified atom stereocenters. The Labute approximate surface area is 109 Å². The number of carbonyl (C=O) groups is 1. The molecule has 4 heteroatoms. The Hall–Kier alpha value is -0.220. The van der Waals surface area contributed by atoms with Gasteiger partial charge >= 0.3 is 0 Å². The third kappa shape index (κ3) is 3.62. The monoisotopic (exact) mass is 256 g/mol. The molecule has 0 aliphatic carbocycles. The summed E-state index contributed by atoms with van der Waals surface area (Å²) in [5.74, 6) is 0.339. The molecular weight excluding hydrogens is 232 g/mol. The molecule has 2 fully saturated rings. The number of nitrogens with zero attached hydrogens (tertiary/aromatic N) is 1. The molecule has 0 bridgehead atoms. The molecule has 0 saturated carbocycles. The lowest BCUT2D eigenvalue weighted by Gasteiger charge is -2.36. The lowest BCUT2D eigenvalue weighted by Crippen LogP contribution is -2.51. The first-order valence-electron chi connectivity index (χ1n) is 6.84. The van der Waals surface area contributed by atoms with Crippen molar-refractivity contribution in [2.45, 2.75) is 56.1 Å². The largest absolute Gasteiger partial charge is 0.339 e. The van der Waals surface area contributed by atoms with Crippen LogP contribution in [0.15, 0.2) is 0 Å². The maximum absolute atomic E-state index is 12.5. The highest BCUT2D eigenvalue weighted by molar-refractivity contribution is 8.00. The fourth-order valence-electron chi connectivity index (χ4n) is 2.82. The van der Waals surface area contributed by atoms with Crippen LogP contribution in [0, 0.1) is 0 Å². The standard InChI is InChI=1S/C13H24N2OS/c1-10-8-15(9-11(2)17-10)13(16)12-6-4-3-5-7-14-12/h10-12,14H,3-9H2,1-2H3. The van der Waals surface area contributed by atoms with Gasteiger partial charge < -0.3 is 10.2 Å². The fourth-order valence-corrected chi connectivity index (χ4v) is 4.14. The molecule has 98 valence electrons. The molecule has 2 aliphatic heterocycles. The number of rotatable bonds is 1. The fraction of sp³-hybridized carbons (Fsp3) is 0.923. The van der Waals surface area contributed by atoms with E-state index in [1.54, 1.807) is 0 Å². The molecule has 3 nitrogen and oxygen atoms in total. The third-order valence-corrected chi connectivity index (χ3v) is 4.82. The molecule has 0 spiro atoms. The minimum atomic E-state index is 0.0833. The van der Waals surface area contributed by atoms with Gasteiger partial charge in [0.1, 0.15) is 0 Å². The highest BCUT2D eigenvalue weighted by Crippen LogP contribution is 2.25. The molecule has 0 aromatic heterocycles. The van der Waals surface area contributed by atoms with Crippen molar-refractivity contribution >= 4 is 17.7 Å². The van der Waals surface area contributed by atoms with Gasteiger partial charge in [0.2, 0.25) is 5.91 Å². The van der Waals surface area contributed by atoms with Crippen LogP contribution < -0.4 is 5.32 Å². The zero-order valence-corrected chi connectivity index (χ0v) is 11.8. The molecule has 2 aliphatic rings. The van der Waals surface area contributed by atoms with E-state index in [9.17, 15) is 4.79 Å². The number of carbonyl (C=O) groups excluding carboxylic acids is 1. The summed E-state index contributed by atoms with van der Waals surface area (Å²) in [4.78, 5) is 14.5. The molecular formula is C13H24N2OS. The van der Waals surface area contributed by atoms with E-state index in [0.29, 0.717) is 16.4 Å². The molecule has 1 amide bonds. The number of hydrogen-bond acceptors (Lipinski definition) is 3. The van der Waals surface area contributed by atoms with Crippen molar-refractivity contribution in [1.29, 1.82) is 0 Å². The van der Waals surface area contributed by atoms with Gasteiger partial charge in [-0.15, -0.1) is 0 Å². The van der Waals surface area contributed by atoms with Crippen molar-refractivity contribution in [3.63, 3.8) is 0 Å². The van der Waals surface area contributed by atoms with E-state index in [1.807, 2.05) is 11.8 Å². The zero-order valence-electron chi connectivity index (χ0n) is 10.9. The quantitative estimate of drug-likeness (QED) is 0.777. The van der Waals surface area contributed by atoms with Crippen molar-refractivity contribution < 1.29 is 4.79 Å². The van der Waals surface area contributed by atoms with Crippen LogP contribution in [0.25, 0.3) is 0 Å². The molecule has 0 aromatic carbocycles. The van der Waals surface area contributed by atoms with Crippen LogP contribution in [0.4, 0.5) is 0 Å². The molecule has 0 aromatic rings. The Morgan fingerprint density at radius 1 is 1.18 bits per heavy atom. The summed E-state index contributed by atoms with van der Waals surface area (Å²) in [6.45, 7) is 7.30. The first-order chi connectivity index (χ1) is 8.16. The first kappa shape index (κ1) is 13.2. The van der Waals surface area contributed by atoms with Crippen LogP contribution in [0.5, 0.6) is 0 Å². The van der Waals surface area contributed by atoms with Crippen LogP contribution in [0.2, 0.25) is 0 Å². The van der Waals surface area contributed by atoms with Crippen molar-refractivity contribution in [1.82, 2.24) is 10.2 Å². The third-order valence-electron chi connectivity index (χ3n) is 3.59. The van der Waals surface area contributed by atoms with Gasteiger partial charge in [-0.25, -0.2) is 0 Å². The van der Waals surface area contributed by atoms with Crippen LogP contribution in [0.1, 0.15) is 39.5 Å². The van der Waals surface area contributed by atoms with Gasteiger partial charge in [0.05, 0.1) is 6.04 Å². The number of nitrogens with one attached hydrogen (secondary N) is 1. The maximum atomic E-state index is 12.5. The van der Waals surface area contributed by atoms with Crippen LogP contribution in [-0.4, -0.2) is 47.0 Å². The summed E-state index contributed by atoms with van der Waals surface area (Å²) in [7, 11) is 0. The molecule has 3 atom stereocenters. The average Bonchev–Trinajstić information content (AvgIpc) is 2.55. The highest BCUT2D eigenvalue weighted by Gasteiger charge is 2.30. The lowest BCUT2D eigenvalue weighted by molar-refractivity contribution is -0.133. The normalized spacial score (nSPS) is 35.4. The Bertz CT molecular complexity index is 254. The average molecular weight is 256 g/mol. The van der Waals surface area contributed by atoms with Gasteiger partial charge in [0, 0.05) is 23.6 Å². The van der Waals surface area contributed by atoms with Gasteiger partial charge in [-0.1, -0.05) is 26.7 Å². The summed E-state index contributed by atoms with van der Waals surface area (Å²) >= 11 is 2.00. The molecule has 2 saturated heterocycles. The highest BCUT2D eigenvalue weighted by atomic mass is 32.2. The molecule has 2 rings (SSSR count). The van der Waals surface area contributed by atoms with Gasteiger partial charge in [0.15, 0.2) is 0 Å². The Kier molecular flexibility index (Phi) is 4.74. The van der Waals surface area contributed by atoms with Crippen LogP contribution in [-0.2, 0) is 4.79 Å². The van der Waals surface area contributed by atoms with Crippen molar-refractivity contribution in [2.24, 2.45) is 0 Å². The second-order valence-electron chi connectivity index (χ2n) is 5.36. The minimum absolute atomic E-state index is 0.0833. The molecule has 17 heavy (non-hydrogen) atoms. The van der Waals surface area contributed by atoms with Gasteiger partial charge in [-0.2, -0.15) is 11.8 Å². The molecule has 2 heterocycles. The van der Waals surface area contributed by atoms with Gasteiger partial charge in [-0.3, -0.25) is 4.79 Å². The topological polar surface area (TPSA) is 32.3 Å². The van der Waals surface area contributed by atoms with Crippen molar-refractivity contribution in [3.8, 4) is 0 Å². The zero-order chi connectivity index (χ0) is 12.3. The SMILES string of the molecule is CC1CN(C(=O)C2CCCCCN2)CC(C)S1. The summed E-state index contributed by atoms with van der Waals surface area (Å²) < 4.78 is 0. The van der Waals surface area contributed by atoms with Gasteiger partial charge in [0.25, 0.3) is 0 Å². The smallest absolute Gasteiger partial charge is 0.239 e. The summed E-state index contributed by atoms with van der Waals surface area (Å²) in [5, 5.41) is 4.56. The van der Waals surface area contributed by atoms with E-state index < -0.39 is 0 Å². The first-order valence-corrected chi connectivity index (χ1v) is 7.78. The number of amides is 1. The van der Waals surface area contributed by atoms with E-state index in [0.717, 1.165) is 26.1 Å². The van der Waals surface area contributed by atoms with E-state index in [1.165, 1.54) is 19.3 Å². The van der Waals surface area contributed by atoms with Gasteiger partial charge in [-0.05, 0) is 19.4 Å². The second-order valence-corrected chi connectivity index (χ2v) is 7.24. The van der Waals surface area contributed by atoms with Crippen LogP contribution >= 0.6 is 11.8 Å². The Balaban J connectivity index is 1.93. The van der Waals surface area contributed by atoms with E-state index >= 15 is 0 Å². The van der Waals surface area contributed by atoms with E-state index in [-0.39, 0.29) is 6.04 Å². The number of thioether (sulfide) groups is 1. The molecule has 1 N–H and O–H groups in total. The van der Waals surface area contributed by atoms with Crippen molar-refractivity contribution in [2.75, 3.05) is 19.6 Å². The lowest BCUT2D eigenvalue weighted by atomic mass is 10.1. The Morgan fingerprint density at radius 3 is 2.59 bits per heavy atom. The second kappa shape index (κ2) is 6.10. The minimum Gasteiger partial charge on any atom is -0.339 e. The molecule has 0 radical (unpaired) electrons. The summed E-state index contributed by atoms with van der Waals surface area (Å²) in [6.07, 6.45) is 4.69. The Morgan fingerprint density at radius 2 is 1.88 bits per heavy atom. The predicted octanol–water partition coefficient (Wildman–Crippen LogP) is 1.87. The van der Waals surface area contributed by atoms with Crippen LogP contribution in [0.3, 0.4) is 0 Å². The maximum Gasteiger partial charge on any atom is 0.239 e. The summed E-state index contributed by atoms with van der Waals surface area (Å²) in [5.41, 5.74) is 0. The number of hydrogen-bond donors (Lipinski definition) is 1. The predicted molar refractivity (Wildman–Crippen MR) is 73.4 cm³/mol. The van der Waals surface area contributed by atoms with E-state index in [4.69, 9.17) is 0 Å². The summed E-state index contributed by atoms with van der Waals surface area (Å²) in [6, 6.07) is 0.0833.